The van der Waals surface area contributed by atoms with Crippen molar-refractivity contribution in [3.8, 4) is 0 Å². The number of fused-ring (bicyclic) bond motifs is 2. The van der Waals surface area contributed by atoms with Gasteiger partial charge in [0, 0.05) is 0 Å². The van der Waals surface area contributed by atoms with Crippen LogP contribution in [0, 0.1) is 5.92 Å². The smallest absolute Gasteiger partial charge is 0.410 e. The van der Waals surface area contributed by atoms with Crippen molar-refractivity contribution in [1.82, 2.24) is 4.90 Å². The van der Waals surface area contributed by atoms with E-state index in [4.69, 9.17) is 14.6 Å². The van der Waals surface area contributed by atoms with Crippen LogP contribution in [0.2, 0.25) is 0 Å². The van der Waals surface area contributed by atoms with Crippen molar-refractivity contribution < 1.29 is 24.2 Å². The molecule has 0 aliphatic carbocycles. The normalized spacial score (nSPS) is 30.7. The molecule has 2 fully saturated rings. The second-order valence-electron chi connectivity index (χ2n) is 4.66. The summed E-state index contributed by atoms with van der Waals surface area (Å²) in [6, 6.07) is 0. The maximum atomic E-state index is 11.7. The lowest BCUT2D eigenvalue weighted by molar-refractivity contribution is -0.159. The zero-order valence-corrected chi connectivity index (χ0v) is 10.1. The van der Waals surface area contributed by atoms with Crippen LogP contribution in [0.3, 0.4) is 0 Å². The first-order chi connectivity index (χ1) is 8.60. The van der Waals surface area contributed by atoms with Crippen molar-refractivity contribution >= 4 is 12.1 Å². The van der Waals surface area contributed by atoms with E-state index in [1.54, 1.807) is 4.90 Å². The van der Waals surface area contributed by atoms with Crippen LogP contribution < -0.4 is 0 Å². The predicted molar refractivity (Wildman–Crippen MR) is 62.1 cm³/mol. The Balaban J connectivity index is 1.92. The molecule has 100 valence electrons. The third kappa shape index (κ3) is 2.81. The molecule has 0 aromatic heterocycles. The highest BCUT2D eigenvalue weighted by molar-refractivity contribution is 5.71. The fraction of sp³-hybridized carbons (Fsp3) is 0.667. The van der Waals surface area contributed by atoms with E-state index in [0.717, 1.165) is 0 Å². The van der Waals surface area contributed by atoms with Crippen molar-refractivity contribution in [3.63, 3.8) is 0 Å². The Morgan fingerprint density at radius 2 is 2.00 bits per heavy atom. The maximum absolute atomic E-state index is 11.7. The van der Waals surface area contributed by atoms with Crippen LogP contribution in [-0.2, 0) is 14.3 Å². The first kappa shape index (κ1) is 12.9. The van der Waals surface area contributed by atoms with Crippen LogP contribution in [0.25, 0.3) is 0 Å². The summed E-state index contributed by atoms with van der Waals surface area (Å²) in [6.07, 6.45) is 1.64. The summed E-state index contributed by atoms with van der Waals surface area (Å²) in [4.78, 5) is 24.2. The summed E-state index contributed by atoms with van der Waals surface area (Å²) in [5.74, 6) is -1.14. The second kappa shape index (κ2) is 5.39. The van der Waals surface area contributed by atoms with E-state index >= 15 is 0 Å². The van der Waals surface area contributed by atoms with Gasteiger partial charge in [-0.05, 0) is 12.8 Å². The Hall–Kier alpha value is -1.56. The molecule has 1 unspecified atom stereocenters. The van der Waals surface area contributed by atoms with Crippen molar-refractivity contribution in [2.24, 2.45) is 5.92 Å². The molecule has 0 saturated carbocycles. The van der Waals surface area contributed by atoms with Gasteiger partial charge < -0.3 is 19.5 Å². The van der Waals surface area contributed by atoms with Crippen molar-refractivity contribution in [1.29, 1.82) is 0 Å². The summed E-state index contributed by atoms with van der Waals surface area (Å²) in [5, 5.41) is 9.01. The average Bonchev–Trinajstić information content (AvgIpc) is 2.34. The van der Waals surface area contributed by atoms with Crippen LogP contribution in [0.4, 0.5) is 4.79 Å². The molecule has 2 rings (SSSR count). The number of nitrogens with zero attached hydrogens (tertiary/aromatic N) is 1. The Bertz CT molecular complexity index is 342. The molecule has 0 aromatic rings. The molecule has 1 amide bonds. The monoisotopic (exact) mass is 255 g/mol. The highest BCUT2D eigenvalue weighted by atomic mass is 16.6. The molecule has 1 N–H and O–H groups in total. The van der Waals surface area contributed by atoms with E-state index in [-0.39, 0.29) is 30.8 Å². The third-order valence-electron chi connectivity index (χ3n) is 3.26. The molecular formula is C12H17NO5. The number of amides is 1. The number of ether oxygens (including phenoxy) is 2. The minimum atomic E-state index is -0.781. The SMILES string of the molecule is C=CCOC(=O)N1C[C@H]2CC(C(=O)O)C[C@@H](C1)O2. The number of carbonyl (C=O) groups excluding carboxylic acids is 1. The van der Waals surface area contributed by atoms with Crippen LogP contribution >= 0.6 is 0 Å². The van der Waals surface area contributed by atoms with E-state index in [1.165, 1.54) is 6.08 Å². The van der Waals surface area contributed by atoms with Crippen molar-refractivity contribution in [2.45, 2.75) is 25.0 Å². The van der Waals surface area contributed by atoms with Crippen molar-refractivity contribution in [3.05, 3.63) is 12.7 Å². The minimum absolute atomic E-state index is 0.184. The van der Waals surface area contributed by atoms with Crippen LogP contribution in [-0.4, -0.2) is 54.0 Å². The molecule has 2 aliphatic heterocycles. The number of carboxylic acids is 1. The minimum Gasteiger partial charge on any atom is -0.481 e. The molecule has 2 saturated heterocycles. The molecule has 18 heavy (non-hydrogen) atoms. The largest absolute Gasteiger partial charge is 0.481 e. The van der Waals surface area contributed by atoms with Gasteiger partial charge in [-0.3, -0.25) is 4.79 Å². The van der Waals surface area contributed by atoms with Crippen LogP contribution in [0.5, 0.6) is 0 Å². The average molecular weight is 255 g/mol. The molecule has 0 radical (unpaired) electrons. The molecule has 3 atom stereocenters. The van der Waals surface area contributed by atoms with E-state index in [9.17, 15) is 9.59 Å². The molecule has 2 aliphatic rings. The van der Waals surface area contributed by atoms with E-state index in [0.29, 0.717) is 25.9 Å². The van der Waals surface area contributed by atoms with Gasteiger partial charge in [-0.2, -0.15) is 0 Å². The third-order valence-corrected chi connectivity index (χ3v) is 3.26. The number of likely N-dealkylation sites (tertiary alicyclic amines) is 1. The number of morpholine rings is 1. The van der Waals surface area contributed by atoms with Gasteiger partial charge in [0.25, 0.3) is 0 Å². The number of hydrogen-bond donors (Lipinski definition) is 1. The number of carbonyl (C=O) groups is 2. The Kier molecular flexibility index (Phi) is 3.86. The molecule has 2 bridgehead atoms. The molecule has 0 spiro atoms. The summed E-state index contributed by atoms with van der Waals surface area (Å²) in [7, 11) is 0. The first-order valence-corrected chi connectivity index (χ1v) is 6.01. The zero-order chi connectivity index (χ0) is 13.1. The summed E-state index contributed by atoms with van der Waals surface area (Å²) in [6.45, 7) is 4.46. The number of rotatable bonds is 3. The standard InChI is InChI=1S/C12H17NO5/c1-2-3-17-12(16)13-6-9-4-8(11(14)15)5-10(7-13)18-9/h2,8-10H,1,3-7H2,(H,14,15)/t8?,9-,10+. The Morgan fingerprint density at radius 1 is 1.39 bits per heavy atom. The lowest BCUT2D eigenvalue weighted by Gasteiger charge is -2.42. The topological polar surface area (TPSA) is 76.1 Å². The van der Waals surface area contributed by atoms with Gasteiger partial charge in [-0.25, -0.2) is 4.79 Å². The number of carboxylic acid groups (broad SMARTS) is 1. The number of aliphatic carboxylic acids is 1. The Labute approximate surface area is 105 Å². The van der Waals surface area contributed by atoms with Gasteiger partial charge in [0.1, 0.15) is 6.61 Å². The van der Waals surface area contributed by atoms with Gasteiger partial charge in [0.15, 0.2) is 0 Å². The second-order valence-corrected chi connectivity index (χ2v) is 4.66. The molecule has 2 heterocycles. The molecular weight excluding hydrogens is 238 g/mol. The quantitative estimate of drug-likeness (QED) is 0.757. The van der Waals surface area contributed by atoms with Crippen LogP contribution in [0.15, 0.2) is 12.7 Å². The lowest BCUT2D eigenvalue weighted by atomic mass is 9.89. The van der Waals surface area contributed by atoms with E-state index in [2.05, 4.69) is 6.58 Å². The van der Waals surface area contributed by atoms with Gasteiger partial charge >= 0.3 is 12.1 Å². The summed E-state index contributed by atoms with van der Waals surface area (Å²) < 4.78 is 10.6. The predicted octanol–water partition coefficient (Wildman–Crippen LogP) is 0.873. The number of hydrogen-bond acceptors (Lipinski definition) is 4. The van der Waals surface area contributed by atoms with E-state index in [1.807, 2.05) is 0 Å². The lowest BCUT2D eigenvalue weighted by Crippen LogP contribution is -2.54. The summed E-state index contributed by atoms with van der Waals surface area (Å²) in [5.41, 5.74) is 0. The van der Waals surface area contributed by atoms with Gasteiger partial charge in [0.2, 0.25) is 0 Å². The maximum Gasteiger partial charge on any atom is 0.410 e. The highest BCUT2D eigenvalue weighted by Gasteiger charge is 2.40. The Morgan fingerprint density at radius 3 is 2.50 bits per heavy atom. The molecule has 6 heteroatoms. The molecule has 6 nitrogen and oxygen atoms in total. The fourth-order valence-electron chi connectivity index (χ4n) is 2.49. The summed E-state index contributed by atoms with van der Waals surface area (Å²) >= 11 is 0. The highest BCUT2D eigenvalue weighted by Crippen LogP contribution is 2.30. The fourth-order valence-corrected chi connectivity index (χ4v) is 2.49. The zero-order valence-electron chi connectivity index (χ0n) is 10.1. The van der Waals surface area contributed by atoms with Crippen molar-refractivity contribution in [2.75, 3.05) is 19.7 Å². The van der Waals surface area contributed by atoms with Gasteiger partial charge in [-0.1, -0.05) is 12.7 Å². The van der Waals surface area contributed by atoms with E-state index < -0.39 is 5.97 Å². The van der Waals surface area contributed by atoms with Crippen LogP contribution in [0.1, 0.15) is 12.8 Å². The first-order valence-electron chi connectivity index (χ1n) is 6.01. The van der Waals surface area contributed by atoms with Gasteiger partial charge in [-0.15, -0.1) is 0 Å². The van der Waals surface area contributed by atoms with Gasteiger partial charge in [0.05, 0.1) is 31.2 Å². The molecule has 0 aromatic carbocycles.